The predicted molar refractivity (Wildman–Crippen MR) is 84.9 cm³/mol. The van der Waals surface area contributed by atoms with Crippen molar-refractivity contribution in [3.63, 3.8) is 0 Å². The van der Waals surface area contributed by atoms with Gasteiger partial charge in [-0.15, -0.1) is 0 Å². The molecule has 0 amide bonds. The maximum atomic E-state index is 9.98. The molecule has 2 aliphatic rings. The van der Waals surface area contributed by atoms with Crippen LogP contribution >= 0.6 is 0 Å². The lowest BCUT2D eigenvalue weighted by Gasteiger charge is -2.33. The van der Waals surface area contributed by atoms with Crippen molar-refractivity contribution in [1.82, 2.24) is 10.2 Å². The van der Waals surface area contributed by atoms with E-state index in [1.165, 1.54) is 58.0 Å². The minimum atomic E-state index is -0.0185. The molecule has 2 fully saturated rings. The molecule has 1 saturated heterocycles. The van der Waals surface area contributed by atoms with Gasteiger partial charge in [-0.3, -0.25) is 0 Å². The monoisotopic (exact) mass is 282 g/mol. The van der Waals surface area contributed by atoms with E-state index in [9.17, 15) is 5.11 Å². The lowest BCUT2D eigenvalue weighted by Crippen LogP contribution is -2.41. The second-order valence-corrected chi connectivity index (χ2v) is 7.14. The lowest BCUT2D eigenvalue weighted by atomic mass is 9.83. The van der Waals surface area contributed by atoms with E-state index in [0.29, 0.717) is 12.0 Å². The Bertz CT molecular complexity index is 264. The highest BCUT2D eigenvalue weighted by Crippen LogP contribution is 2.27. The standard InChI is InChI=1S/C17H34N2O/c1-14(15-9-12-19(2)13-10-15)18-11-5-7-16-6-3-4-8-17(16)20/h14-18,20H,3-13H2,1-2H3. The van der Waals surface area contributed by atoms with Crippen LogP contribution in [0.1, 0.15) is 58.3 Å². The molecule has 1 aliphatic heterocycles. The Balaban J connectivity index is 1.56. The van der Waals surface area contributed by atoms with Crippen LogP contribution in [0.2, 0.25) is 0 Å². The molecule has 118 valence electrons. The zero-order valence-electron chi connectivity index (χ0n) is 13.5. The van der Waals surface area contributed by atoms with Gasteiger partial charge in [0, 0.05) is 6.04 Å². The molecule has 3 atom stereocenters. The van der Waals surface area contributed by atoms with E-state index in [4.69, 9.17) is 0 Å². The average Bonchev–Trinajstić information content (AvgIpc) is 2.46. The third-order valence-electron chi connectivity index (χ3n) is 5.56. The zero-order chi connectivity index (χ0) is 14.4. The molecule has 3 heteroatoms. The number of rotatable bonds is 6. The van der Waals surface area contributed by atoms with Gasteiger partial charge in [0.1, 0.15) is 0 Å². The van der Waals surface area contributed by atoms with E-state index in [0.717, 1.165) is 18.9 Å². The van der Waals surface area contributed by atoms with Crippen molar-refractivity contribution >= 4 is 0 Å². The molecule has 0 aromatic carbocycles. The van der Waals surface area contributed by atoms with Crippen LogP contribution in [0, 0.1) is 11.8 Å². The van der Waals surface area contributed by atoms with Gasteiger partial charge >= 0.3 is 0 Å². The number of hydrogen-bond acceptors (Lipinski definition) is 3. The first-order valence-electron chi connectivity index (χ1n) is 8.77. The third-order valence-corrected chi connectivity index (χ3v) is 5.56. The Morgan fingerprint density at radius 2 is 1.85 bits per heavy atom. The van der Waals surface area contributed by atoms with Crippen LogP contribution in [0.15, 0.2) is 0 Å². The van der Waals surface area contributed by atoms with Crippen molar-refractivity contribution in [2.45, 2.75) is 70.4 Å². The van der Waals surface area contributed by atoms with Gasteiger partial charge in [0.15, 0.2) is 0 Å². The molecule has 1 heterocycles. The molecular weight excluding hydrogens is 248 g/mol. The molecule has 0 aromatic rings. The Morgan fingerprint density at radius 3 is 2.55 bits per heavy atom. The highest BCUT2D eigenvalue weighted by molar-refractivity contribution is 4.79. The van der Waals surface area contributed by atoms with Crippen molar-refractivity contribution in [2.75, 3.05) is 26.7 Å². The summed E-state index contributed by atoms with van der Waals surface area (Å²) in [4.78, 5) is 2.44. The first kappa shape index (κ1) is 16.3. The van der Waals surface area contributed by atoms with Crippen LogP contribution in [-0.2, 0) is 0 Å². The molecule has 3 unspecified atom stereocenters. The molecule has 0 spiro atoms. The van der Waals surface area contributed by atoms with E-state index >= 15 is 0 Å². The Labute approximate surface area is 125 Å². The number of hydrogen-bond donors (Lipinski definition) is 2. The van der Waals surface area contributed by atoms with Crippen LogP contribution in [-0.4, -0.2) is 48.8 Å². The van der Waals surface area contributed by atoms with Gasteiger partial charge in [0.05, 0.1) is 6.10 Å². The van der Waals surface area contributed by atoms with E-state index < -0.39 is 0 Å². The van der Waals surface area contributed by atoms with Gasteiger partial charge in [-0.1, -0.05) is 12.8 Å². The summed E-state index contributed by atoms with van der Waals surface area (Å²) in [5.41, 5.74) is 0. The van der Waals surface area contributed by atoms with E-state index in [1.54, 1.807) is 0 Å². The number of likely N-dealkylation sites (tertiary alicyclic amines) is 1. The molecule has 20 heavy (non-hydrogen) atoms. The second kappa shape index (κ2) is 8.35. The molecule has 1 saturated carbocycles. The van der Waals surface area contributed by atoms with Gasteiger partial charge in [-0.2, -0.15) is 0 Å². The SMILES string of the molecule is CC(NCCCC1CCCCC1O)C1CCN(C)CC1. The molecule has 0 aromatic heterocycles. The molecule has 0 radical (unpaired) electrons. The minimum Gasteiger partial charge on any atom is -0.393 e. The van der Waals surface area contributed by atoms with Crippen LogP contribution in [0.4, 0.5) is 0 Å². The maximum absolute atomic E-state index is 9.98. The van der Waals surface area contributed by atoms with Crippen molar-refractivity contribution < 1.29 is 5.11 Å². The zero-order valence-corrected chi connectivity index (χ0v) is 13.5. The normalized spacial score (nSPS) is 31.4. The fourth-order valence-corrected chi connectivity index (χ4v) is 3.91. The van der Waals surface area contributed by atoms with Crippen molar-refractivity contribution in [1.29, 1.82) is 0 Å². The first-order valence-corrected chi connectivity index (χ1v) is 8.77. The first-order chi connectivity index (χ1) is 9.66. The highest BCUT2D eigenvalue weighted by atomic mass is 16.3. The third kappa shape index (κ3) is 5.01. The highest BCUT2D eigenvalue weighted by Gasteiger charge is 2.23. The summed E-state index contributed by atoms with van der Waals surface area (Å²) in [5, 5.41) is 13.7. The number of piperidine rings is 1. The van der Waals surface area contributed by atoms with Gasteiger partial charge < -0.3 is 15.3 Å². The van der Waals surface area contributed by atoms with Crippen LogP contribution in [0.3, 0.4) is 0 Å². The molecule has 3 nitrogen and oxygen atoms in total. The van der Waals surface area contributed by atoms with Gasteiger partial charge in [-0.25, -0.2) is 0 Å². The van der Waals surface area contributed by atoms with Crippen molar-refractivity contribution in [3.05, 3.63) is 0 Å². The number of nitrogens with zero attached hydrogens (tertiary/aromatic N) is 1. The summed E-state index contributed by atoms with van der Waals surface area (Å²) in [7, 11) is 2.23. The Kier molecular flexibility index (Phi) is 6.79. The Hall–Kier alpha value is -0.120. The molecule has 1 aliphatic carbocycles. The fourth-order valence-electron chi connectivity index (χ4n) is 3.91. The predicted octanol–water partition coefficient (Wildman–Crippen LogP) is 2.64. The summed E-state index contributed by atoms with van der Waals surface area (Å²) in [6.45, 7) is 5.98. The smallest absolute Gasteiger partial charge is 0.0568 e. The molecular formula is C17H34N2O. The number of nitrogens with one attached hydrogen (secondary N) is 1. The molecule has 2 N–H and O–H groups in total. The van der Waals surface area contributed by atoms with E-state index in [2.05, 4.69) is 24.2 Å². The minimum absolute atomic E-state index is 0.0185. The van der Waals surface area contributed by atoms with E-state index in [1.807, 2.05) is 0 Å². The topological polar surface area (TPSA) is 35.5 Å². The van der Waals surface area contributed by atoms with Gasteiger partial charge in [0.25, 0.3) is 0 Å². The maximum Gasteiger partial charge on any atom is 0.0568 e. The summed E-state index contributed by atoms with van der Waals surface area (Å²) in [5.74, 6) is 1.43. The van der Waals surface area contributed by atoms with Crippen molar-refractivity contribution in [3.8, 4) is 0 Å². The van der Waals surface area contributed by atoms with Gasteiger partial charge in [0.2, 0.25) is 0 Å². The average molecular weight is 282 g/mol. The summed E-state index contributed by atoms with van der Waals surface area (Å²) >= 11 is 0. The largest absolute Gasteiger partial charge is 0.393 e. The summed E-state index contributed by atoms with van der Waals surface area (Å²) in [6, 6.07) is 0.653. The summed E-state index contributed by atoms with van der Waals surface area (Å²) in [6.07, 6.45) is 9.90. The fraction of sp³-hybridized carbons (Fsp3) is 1.00. The van der Waals surface area contributed by atoms with E-state index in [-0.39, 0.29) is 6.10 Å². The summed E-state index contributed by atoms with van der Waals surface area (Å²) < 4.78 is 0. The Morgan fingerprint density at radius 1 is 1.15 bits per heavy atom. The van der Waals surface area contributed by atoms with Crippen molar-refractivity contribution in [2.24, 2.45) is 11.8 Å². The van der Waals surface area contributed by atoms with Crippen LogP contribution in [0.5, 0.6) is 0 Å². The van der Waals surface area contributed by atoms with Gasteiger partial charge in [-0.05, 0) is 84.0 Å². The molecule has 0 bridgehead atoms. The second-order valence-electron chi connectivity index (χ2n) is 7.14. The molecule has 2 rings (SSSR count). The van der Waals surface area contributed by atoms with Crippen LogP contribution < -0.4 is 5.32 Å². The van der Waals surface area contributed by atoms with Crippen LogP contribution in [0.25, 0.3) is 0 Å². The number of aliphatic hydroxyl groups is 1. The lowest BCUT2D eigenvalue weighted by molar-refractivity contribution is 0.0640. The quantitative estimate of drug-likeness (QED) is 0.735. The number of aliphatic hydroxyl groups excluding tert-OH is 1.